The molecule has 0 spiro atoms. The Kier molecular flexibility index (Phi) is 4.31. The molecule has 0 aromatic carbocycles. The Morgan fingerprint density at radius 1 is 1.64 bits per heavy atom. The predicted molar refractivity (Wildman–Crippen MR) is 54.6 cm³/mol. The van der Waals surface area contributed by atoms with E-state index in [-0.39, 0.29) is 6.42 Å². The first-order chi connectivity index (χ1) is 6.72. The van der Waals surface area contributed by atoms with Gasteiger partial charge in [0.25, 0.3) is 0 Å². The quantitative estimate of drug-likeness (QED) is 0.701. The van der Waals surface area contributed by atoms with Crippen LogP contribution >= 0.6 is 11.5 Å². The van der Waals surface area contributed by atoms with Crippen LogP contribution in [0.2, 0.25) is 0 Å². The van der Waals surface area contributed by atoms with Gasteiger partial charge in [-0.05, 0) is 6.42 Å². The van der Waals surface area contributed by atoms with Gasteiger partial charge in [0.15, 0.2) is 0 Å². The SMILES string of the molecule is CCc1nsc(NCCCC(=O)O)n1. The largest absolute Gasteiger partial charge is 0.481 e. The number of rotatable bonds is 6. The minimum absolute atomic E-state index is 0.187. The van der Waals surface area contributed by atoms with Crippen molar-refractivity contribution in [2.24, 2.45) is 0 Å². The molecule has 2 N–H and O–H groups in total. The average Bonchev–Trinajstić information content (AvgIpc) is 2.60. The van der Waals surface area contributed by atoms with E-state index in [1.807, 2.05) is 6.92 Å². The highest BCUT2D eigenvalue weighted by Crippen LogP contribution is 2.10. The van der Waals surface area contributed by atoms with Crippen molar-refractivity contribution in [3.05, 3.63) is 5.82 Å². The van der Waals surface area contributed by atoms with Crippen molar-refractivity contribution in [1.82, 2.24) is 9.36 Å². The molecule has 14 heavy (non-hydrogen) atoms. The lowest BCUT2D eigenvalue weighted by atomic mass is 10.3. The Hall–Kier alpha value is -1.17. The zero-order valence-electron chi connectivity index (χ0n) is 7.99. The van der Waals surface area contributed by atoms with Crippen LogP contribution in [-0.4, -0.2) is 27.0 Å². The highest BCUT2D eigenvalue weighted by atomic mass is 32.1. The molecule has 0 aliphatic heterocycles. The van der Waals surface area contributed by atoms with Gasteiger partial charge in [0, 0.05) is 30.9 Å². The first kappa shape index (κ1) is 10.9. The summed E-state index contributed by atoms with van der Waals surface area (Å²) in [5, 5.41) is 12.2. The van der Waals surface area contributed by atoms with Crippen LogP contribution in [0.1, 0.15) is 25.6 Å². The topological polar surface area (TPSA) is 75.1 Å². The number of aryl methyl sites for hydroxylation is 1. The average molecular weight is 215 g/mol. The molecule has 1 aromatic heterocycles. The number of nitrogens with zero attached hydrogens (tertiary/aromatic N) is 2. The molecular formula is C8H13N3O2S. The summed E-state index contributed by atoms with van der Waals surface area (Å²) >= 11 is 1.31. The molecule has 0 saturated carbocycles. The number of hydrogen-bond acceptors (Lipinski definition) is 5. The van der Waals surface area contributed by atoms with E-state index in [0.717, 1.165) is 17.4 Å². The maximum Gasteiger partial charge on any atom is 0.303 e. The second-order valence-electron chi connectivity index (χ2n) is 2.79. The van der Waals surface area contributed by atoms with Gasteiger partial charge in [0.1, 0.15) is 5.82 Å². The molecule has 5 nitrogen and oxygen atoms in total. The van der Waals surface area contributed by atoms with Crippen LogP contribution in [0, 0.1) is 0 Å². The summed E-state index contributed by atoms with van der Waals surface area (Å²) in [6.45, 7) is 2.63. The standard InChI is InChI=1S/C8H13N3O2S/c1-2-6-10-8(14-11-6)9-5-3-4-7(12)13/h2-5H2,1H3,(H,12,13)(H,9,10,11). The van der Waals surface area contributed by atoms with E-state index in [9.17, 15) is 4.79 Å². The number of carboxylic acids is 1. The van der Waals surface area contributed by atoms with E-state index in [4.69, 9.17) is 5.11 Å². The smallest absolute Gasteiger partial charge is 0.303 e. The summed E-state index contributed by atoms with van der Waals surface area (Å²) in [6.07, 6.45) is 1.62. The fourth-order valence-electron chi connectivity index (χ4n) is 0.904. The summed E-state index contributed by atoms with van der Waals surface area (Å²) in [6, 6.07) is 0. The molecule has 0 aliphatic carbocycles. The highest BCUT2D eigenvalue weighted by molar-refractivity contribution is 7.09. The van der Waals surface area contributed by atoms with Gasteiger partial charge in [0.2, 0.25) is 5.13 Å². The second-order valence-corrected chi connectivity index (χ2v) is 3.55. The van der Waals surface area contributed by atoms with Crippen molar-refractivity contribution in [2.45, 2.75) is 26.2 Å². The zero-order chi connectivity index (χ0) is 10.4. The summed E-state index contributed by atoms with van der Waals surface area (Å²) < 4.78 is 4.10. The molecule has 0 bridgehead atoms. The van der Waals surface area contributed by atoms with E-state index < -0.39 is 5.97 Å². The Balaban J connectivity index is 2.21. The maximum absolute atomic E-state index is 10.2. The van der Waals surface area contributed by atoms with Crippen LogP contribution in [0.15, 0.2) is 0 Å². The lowest BCUT2D eigenvalue weighted by molar-refractivity contribution is -0.137. The highest BCUT2D eigenvalue weighted by Gasteiger charge is 2.01. The Morgan fingerprint density at radius 3 is 3.00 bits per heavy atom. The molecule has 78 valence electrons. The maximum atomic E-state index is 10.2. The van der Waals surface area contributed by atoms with E-state index in [1.165, 1.54) is 11.5 Å². The third kappa shape index (κ3) is 3.69. The number of aromatic nitrogens is 2. The van der Waals surface area contributed by atoms with Gasteiger partial charge in [-0.3, -0.25) is 4.79 Å². The lowest BCUT2D eigenvalue weighted by Gasteiger charge is -1.98. The lowest BCUT2D eigenvalue weighted by Crippen LogP contribution is -2.04. The van der Waals surface area contributed by atoms with Crippen LogP contribution in [0.4, 0.5) is 5.13 Å². The van der Waals surface area contributed by atoms with Gasteiger partial charge in [-0.1, -0.05) is 6.92 Å². The number of carbonyl (C=O) groups is 1. The monoisotopic (exact) mass is 215 g/mol. The first-order valence-corrected chi connectivity index (χ1v) is 5.28. The van der Waals surface area contributed by atoms with Crippen LogP contribution in [-0.2, 0) is 11.2 Å². The van der Waals surface area contributed by atoms with E-state index in [2.05, 4.69) is 14.7 Å². The molecule has 0 unspecified atom stereocenters. The van der Waals surface area contributed by atoms with Crippen LogP contribution < -0.4 is 5.32 Å². The first-order valence-electron chi connectivity index (χ1n) is 4.50. The molecule has 6 heteroatoms. The number of carboxylic acid groups (broad SMARTS) is 1. The third-order valence-corrected chi connectivity index (χ3v) is 2.34. The van der Waals surface area contributed by atoms with Crippen molar-refractivity contribution < 1.29 is 9.90 Å². The fraction of sp³-hybridized carbons (Fsp3) is 0.625. The molecule has 0 amide bonds. The minimum Gasteiger partial charge on any atom is -0.481 e. The van der Waals surface area contributed by atoms with Crippen molar-refractivity contribution in [3.8, 4) is 0 Å². The summed E-state index contributed by atoms with van der Waals surface area (Å²) in [5.74, 6) is 0.0639. The zero-order valence-corrected chi connectivity index (χ0v) is 8.80. The summed E-state index contributed by atoms with van der Waals surface area (Å²) in [5.41, 5.74) is 0. The predicted octanol–water partition coefficient (Wildman–Crippen LogP) is 1.38. The molecule has 1 heterocycles. The van der Waals surface area contributed by atoms with Gasteiger partial charge >= 0.3 is 5.97 Å². The van der Waals surface area contributed by atoms with Gasteiger partial charge in [-0.15, -0.1) is 0 Å². The summed E-state index contributed by atoms with van der Waals surface area (Å²) in [4.78, 5) is 14.4. The number of nitrogens with one attached hydrogen (secondary N) is 1. The van der Waals surface area contributed by atoms with Gasteiger partial charge in [-0.25, -0.2) is 4.98 Å². The normalized spacial score (nSPS) is 10.1. The Labute approximate surface area is 86.3 Å². The van der Waals surface area contributed by atoms with E-state index >= 15 is 0 Å². The van der Waals surface area contributed by atoms with Crippen LogP contribution in [0.5, 0.6) is 0 Å². The van der Waals surface area contributed by atoms with E-state index in [0.29, 0.717) is 13.0 Å². The minimum atomic E-state index is -0.765. The number of hydrogen-bond donors (Lipinski definition) is 2. The second kappa shape index (κ2) is 5.54. The Bertz CT molecular complexity index is 301. The fourth-order valence-corrected chi connectivity index (χ4v) is 1.58. The van der Waals surface area contributed by atoms with Crippen LogP contribution in [0.25, 0.3) is 0 Å². The van der Waals surface area contributed by atoms with E-state index in [1.54, 1.807) is 0 Å². The van der Waals surface area contributed by atoms with Gasteiger partial charge in [-0.2, -0.15) is 4.37 Å². The van der Waals surface area contributed by atoms with Crippen molar-refractivity contribution in [1.29, 1.82) is 0 Å². The third-order valence-electron chi connectivity index (χ3n) is 1.63. The van der Waals surface area contributed by atoms with Crippen molar-refractivity contribution in [2.75, 3.05) is 11.9 Å². The van der Waals surface area contributed by atoms with Crippen molar-refractivity contribution >= 4 is 22.6 Å². The molecule has 0 atom stereocenters. The Morgan fingerprint density at radius 2 is 2.43 bits per heavy atom. The van der Waals surface area contributed by atoms with Crippen LogP contribution in [0.3, 0.4) is 0 Å². The number of aliphatic carboxylic acids is 1. The molecule has 0 fully saturated rings. The van der Waals surface area contributed by atoms with Crippen molar-refractivity contribution in [3.63, 3.8) is 0 Å². The molecule has 0 radical (unpaired) electrons. The summed E-state index contributed by atoms with van der Waals surface area (Å²) in [7, 11) is 0. The number of anilines is 1. The van der Waals surface area contributed by atoms with Gasteiger partial charge < -0.3 is 10.4 Å². The molecule has 0 aliphatic rings. The van der Waals surface area contributed by atoms with Gasteiger partial charge in [0.05, 0.1) is 0 Å². The molecule has 0 saturated heterocycles. The molecule has 1 rings (SSSR count). The molecule has 1 aromatic rings. The molecular weight excluding hydrogens is 202 g/mol.